The first-order valence-electron chi connectivity index (χ1n) is 7.13. The summed E-state index contributed by atoms with van der Waals surface area (Å²) in [6.07, 6.45) is 4.79. The van der Waals surface area contributed by atoms with Gasteiger partial charge in [0.05, 0.1) is 0 Å². The molecule has 0 aliphatic rings. The number of furan rings is 1. The fourth-order valence-electron chi connectivity index (χ4n) is 2.32. The molecule has 0 radical (unpaired) electrons. The van der Waals surface area contributed by atoms with Gasteiger partial charge >= 0.3 is 0 Å². The van der Waals surface area contributed by atoms with Gasteiger partial charge in [-0.25, -0.2) is 4.98 Å². The topological polar surface area (TPSA) is 106 Å². The van der Waals surface area contributed by atoms with E-state index in [0.717, 1.165) is 5.56 Å². The SMILES string of the molecule is O=C(Nc1ccon1)c1cn2cc(-c3ccc(CO)o3)ccc2n1. The summed E-state index contributed by atoms with van der Waals surface area (Å²) in [6.45, 7) is -0.153. The maximum atomic E-state index is 12.2. The molecule has 2 N–H and O–H groups in total. The molecule has 0 saturated carbocycles. The molecule has 0 spiro atoms. The third-order valence-corrected chi connectivity index (χ3v) is 3.47. The third-order valence-electron chi connectivity index (χ3n) is 3.47. The summed E-state index contributed by atoms with van der Waals surface area (Å²) in [5.41, 5.74) is 1.69. The Hall–Kier alpha value is -3.39. The lowest BCUT2D eigenvalue weighted by Gasteiger charge is -1.98. The molecule has 0 aliphatic heterocycles. The van der Waals surface area contributed by atoms with E-state index in [-0.39, 0.29) is 18.2 Å². The predicted molar refractivity (Wildman–Crippen MR) is 83.3 cm³/mol. The largest absolute Gasteiger partial charge is 0.459 e. The average Bonchev–Trinajstić information content (AvgIpc) is 3.33. The fourth-order valence-corrected chi connectivity index (χ4v) is 2.32. The zero-order valence-corrected chi connectivity index (χ0v) is 12.3. The van der Waals surface area contributed by atoms with Crippen LogP contribution in [0.1, 0.15) is 16.2 Å². The minimum absolute atomic E-state index is 0.153. The molecule has 0 bridgehead atoms. The second-order valence-electron chi connectivity index (χ2n) is 5.07. The molecule has 8 heteroatoms. The van der Waals surface area contributed by atoms with Crippen LogP contribution in [0, 0.1) is 0 Å². The first-order chi connectivity index (χ1) is 11.7. The molecule has 1 amide bonds. The number of pyridine rings is 1. The Morgan fingerprint density at radius 1 is 1.21 bits per heavy atom. The normalized spacial score (nSPS) is 11.0. The van der Waals surface area contributed by atoms with Gasteiger partial charge in [0.1, 0.15) is 35.7 Å². The van der Waals surface area contributed by atoms with Crippen molar-refractivity contribution in [2.45, 2.75) is 6.61 Å². The van der Waals surface area contributed by atoms with Crippen molar-refractivity contribution >= 4 is 17.4 Å². The maximum absolute atomic E-state index is 12.2. The van der Waals surface area contributed by atoms with E-state index in [2.05, 4.69) is 20.0 Å². The fraction of sp³-hybridized carbons (Fsp3) is 0.0625. The van der Waals surface area contributed by atoms with E-state index in [1.54, 1.807) is 41.1 Å². The molecule has 4 aromatic rings. The molecule has 0 saturated heterocycles. The molecular weight excluding hydrogens is 312 g/mol. The van der Waals surface area contributed by atoms with Crippen LogP contribution in [-0.2, 0) is 6.61 Å². The number of anilines is 1. The number of aromatic nitrogens is 3. The second-order valence-corrected chi connectivity index (χ2v) is 5.07. The quantitative estimate of drug-likeness (QED) is 0.597. The van der Waals surface area contributed by atoms with Gasteiger partial charge in [0.15, 0.2) is 5.82 Å². The van der Waals surface area contributed by atoms with Gasteiger partial charge in [-0.05, 0) is 24.3 Å². The first kappa shape index (κ1) is 14.2. The number of hydrogen-bond acceptors (Lipinski definition) is 6. The van der Waals surface area contributed by atoms with Crippen LogP contribution < -0.4 is 5.32 Å². The molecular formula is C16H12N4O4. The van der Waals surface area contributed by atoms with E-state index in [1.165, 1.54) is 6.26 Å². The lowest BCUT2D eigenvalue weighted by molar-refractivity contribution is 0.102. The Labute approximate surface area is 135 Å². The standard InChI is InChI=1S/C16H12N4O4/c21-9-11-2-3-13(24-11)10-1-4-15-17-12(8-20(15)7-10)16(22)18-14-5-6-23-19-14/h1-8,21H,9H2,(H,18,19,22). The van der Waals surface area contributed by atoms with Crippen LogP contribution in [0.15, 0.2) is 57.9 Å². The lowest BCUT2D eigenvalue weighted by atomic mass is 10.2. The summed E-state index contributed by atoms with van der Waals surface area (Å²) in [5, 5.41) is 15.3. The number of nitrogens with zero attached hydrogens (tertiary/aromatic N) is 3. The number of imidazole rings is 1. The molecule has 120 valence electrons. The summed E-state index contributed by atoms with van der Waals surface area (Å²) < 4.78 is 11.9. The second kappa shape index (κ2) is 5.67. The first-order valence-corrected chi connectivity index (χ1v) is 7.13. The minimum Gasteiger partial charge on any atom is -0.459 e. The molecule has 0 atom stereocenters. The van der Waals surface area contributed by atoms with Crippen molar-refractivity contribution in [1.82, 2.24) is 14.5 Å². The summed E-state index contributed by atoms with van der Waals surface area (Å²) in [5.74, 6) is 1.06. The zero-order valence-electron chi connectivity index (χ0n) is 12.3. The van der Waals surface area contributed by atoms with Crippen molar-refractivity contribution in [2.24, 2.45) is 0 Å². The summed E-state index contributed by atoms with van der Waals surface area (Å²) >= 11 is 0. The van der Waals surface area contributed by atoms with Crippen LogP contribution in [0.2, 0.25) is 0 Å². The number of aliphatic hydroxyl groups is 1. The van der Waals surface area contributed by atoms with Gasteiger partial charge in [-0.3, -0.25) is 4.79 Å². The Kier molecular flexibility index (Phi) is 3.36. The van der Waals surface area contributed by atoms with Gasteiger partial charge < -0.3 is 23.8 Å². The van der Waals surface area contributed by atoms with Crippen LogP contribution in [0.3, 0.4) is 0 Å². The monoisotopic (exact) mass is 324 g/mol. The average molecular weight is 324 g/mol. The number of carbonyl (C=O) groups excluding carboxylic acids is 1. The molecule has 4 rings (SSSR count). The predicted octanol–water partition coefficient (Wildman–Crippen LogP) is 2.33. The number of amides is 1. The van der Waals surface area contributed by atoms with E-state index >= 15 is 0 Å². The minimum atomic E-state index is -0.380. The Morgan fingerprint density at radius 2 is 2.12 bits per heavy atom. The molecule has 0 unspecified atom stereocenters. The van der Waals surface area contributed by atoms with E-state index in [9.17, 15) is 4.79 Å². The van der Waals surface area contributed by atoms with E-state index < -0.39 is 0 Å². The molecule has 8 nitrogen and oxygen atoms in total. The van der Waals surface area contributed by atoms with Gasteiger partial charge in [-0.2, -0.15) is 0 Å². The molecule has 4 aromatic heterocycles. The zero-order chi connectivity index (χ0) is 16.5. The Balaban J connectivity index is 1.64. The Morgan fingerprint density at radius 3 is 2.88 bits per heavy atom. The molecule has 0 fully saturated rings. The number of hydrogen-bond donors (Lipinski definition) is 2. The highest BCUT2D eigenvalue weighted by Gasteiger charge is 2.13. The van der Waals surface area contributed by atoms with E-state index in [4.69, 9.17) is 9.52 Å². The smallest absolute Gasteiger partial charge is 0.277 e. The highest BCUT2D eigenvalue weighted by atomic mass is 16.5. The number of carbonyl (C=O) groups is 1. The lowest BCUT2D eigenvalue weighted by Crippen LogP contribution is -2.12. The van der Waals surface area contributed by atoms with Gasteiger partial charge in [-0.15, -0.1) is 0 Å². The number of aliphatic hydroxyl groups excluding tert-OH is 1. The summed E-state index contributed by atoms with van der Waals surface area (Å²) in [6, 6.07) is 8.65. The molecule has 24 heavy (non-hydrogen) atoms. The summed E-state index contributed by atoms with van der Waals surface area (Å²) in [4.78, 5) is 16.4. The molecule has 4 heterocycles. The van der Waals surface area contributed by atoms with Crippen LogP contribution >= 0.6 is 0 Å². The van der Waals surface area contributed by atoms with E-state index in [1.807, 2.05) is 6.07 Å². The van der Waals surface area contributed by atoms with Crippen LogP contribution in [0.5, 0.6) is 0 Å². The van der Waals surface area contributed by atoms with E-state index in [0.29, 0.717) is 23.0 Å². The molecule has 0 aromatic carbocycles. The van der Waals surface area contributed by atoms with Crippen molar-refractivity contribution in [3.8, 4) is 11.3 Å². The molecule has 0 aliphatic carbocycles. The van der Waals surface area contributed by atoms with Crippen molar-refractivity contribution < 1.29 is 18.8 Å². The maximum Gasteiger partial charge on any atom is 0.277 e. The van der Waals surface area contributed by atoms with Crippen molar-refractivity contribution in [1.29, 1.82) is 0 Å². The summed E-state index contributed by atoms with van der Waals surface area (Å²) in [7, 11) is 0. The van der Waals surface area contributed by atoms with Gasteiger partial charge in [0, 0.05) is 24.0 Å². The van der Waals surface area contributed by atoms with Crippen LogP contribution in [0.25, 0.3) is 17.0 Å². The van der Waals surface area contributed by atoms with Crippen molar-refractivity contribution in [3.63, 3.8) is 0 Å². The van der Waals surface area contributed by atoms with Crippen molar-refractivity contribution in [3.05, 3.63) is 60.4 Å². The van der Waals surface area contributed by atoms with Crippen molar-refractivity contribution in [2.75, 3.05) is 5.32 Å². The van der Waals surface area contributed by atoms with Crippen LogP contribution in [0.4, 0.5) is 5.82 Å². The van der Waals surface area contributed by atoms with Gasteiger partial charge in [-0.1, -0.05) is 5.16 Å². The number of fused-ring (bicyclic) bond motifs is 1. The van der Waals surface area contributed by atoms with Gasteiger partial charge in [0.2, 0.25) is 0 Å². The van der Waals surface area contributed by atoms with Crippen LogP contribution in [-0.4, -0.2) is 25.6 Å². The highest BCUT2D eigenvalue weighted by Crippen LogP contribution is 2.23. The number of nitrogens with one attached hydrogen (secondary N) is 1. The highest BCUT2D eigenvalue weighted by molar-refractivity contribution is 6.02. The third kappa shape index (κ3) is 2.55. The number of rotatable bonds is 4. The van der Waals surface area contributed by atoms with Gasteiger partial charge in [0.25, 0.3) is 5.91 Å². The Bertz CT molecular complexity index is 1000.